The Balaban J connectivity index is 1.53. The van der Waals surface area contributed by atoms with Crippen LogP contribution in [0.4, 0.5) is 0 Å². The molecule has 2 amide bonds. The first-order valence-electron chi connectivity index (χ1n) is 7.86. The summed E-state index contributed by atoms with van der Waals surface area (Å²) < 4.78 is 0. The third-order valence-corrected chi connectivity index (χ3v) is 5.52. The fourth-order valence-corrected chi connectivity index (χ4v) is 4.28. The van der Waals surface area contributed by atoms with Gasteiger partial charge in [-0.25, -0.2) is 0 Å². The number of likely N-dealkylation sites (N-methyl/N-ethyl adjacent to an activating group) is 1. The van der Waals surface area contributed by atoms with E-state index in [9.17, 15) is 9.59 Å². The fraction of sp³-hybridized carbons (Fsp3) is 0.867. The molecule has 4 atom stereocenters. The molecule has 1 saturated heterocycles. The number of carbonyl (C=O) groups is 2. The number of hydrogen-bond acceptors (Lipinski definition) is 3. The number of likely N-dealkylation sites (tertiary alicyclic amines) is 1. The van der Waals surface area contributed by atoms with Gasteiger partial charge in [-0.3, -0.25) is 9.59 Å². The van der Waals surface area contributed by atoms with Gasteiger partial charge in [-0.1, -0.05) is 0 Å². The van der Waals surface area contributed by atoms with Crippen molar-refractivity contribution in [2.75, 3.05) is 26.7 Å². The lowest BCUT2D eigenvalue weighted by atomic mass is 9.84. The highest BCUT2D eigenvalue weighted by Crippen LogP contribution is 2.48. The molecule has 0 spiro atoms. The summed E-state index contributed by atoms with van der Waals surface area (Å²) in [6.45, 7) is 2.14. The van der Waals surface area contributed by atoms with Gasteiger partial charge in [0.25, 0.3) is 0 Å². The normalized spacial score (nSPS) is 35.9. The van der Waals surface area contributed by atoms with E-state index in [0.29, 0.717) is 31.3 Å². The van der Waals surface area contributed by atoms with Crippen molar-refractivity contribution in [2.45, 2.75) is 38.1 Å². The molecule has 0 aromatic carbocycles. The number of nitrogens with zero attached hydrogens (tertiary/aromatic N) is 2. The second-order valence-electron chi connectivity index (χ2n) is 6.68. The molecule has 0 aromatic rings. The first-order chi connectivity index (χ1) is 9.58. The van der Waals surface area contributed by atoms with Crippen LogP contribution in [0.2, 0.25) is 0 Å². The second kappa shape index (κ2) is 5.35. The van der Waals surface area contributed by atoms with E-state index in [4.69, 9.17) is 5.73 Å². The van der Waals surface area contributed by atoms with Crippen LogP contribution >= 0.6 is 0 Å². The van der Waals surface area contributed by atoms with Gasteiger partial charge in [0.2, 0.25) is 11.8 Å². The van der Waals surface area contributed by atoms with E-state index in [2.05, 4.69) is 0 Å². The Labute approximate surface area is 120 Å². The Hall–Kier alpha value is -1.10. The minimum atomic E-state index is 0.0213. The zero-order valence-electron chi connectivity index (χ0n) is 12.3. The summed E-state index contributed by atoms with van der Waals surface area (Å²) >= 11 is 0. The molecule has 0 aromatic heterocycles. The van der Waals surface area contributed by atoms with Gasteiger partial charge in [0, 0.05) is 39.1 Å². The molecule has 2 aliphatic carbocycles. The Bertz CT molecular complexity index is 410. The van der Waals surface area contributed by atoms with Crippen LogP contribution < -0.4 is 5.73 Å². The Morgan fingerprint density at radius 2 is 2.15 bits per heavy atom. The van der Waals surface area contributed by atoms with E-state index in [0.717, 1.165) is 25.8 Å². The molecule has 0 radical (unpaired) electrons. The third-order valence-electron chi connectivity index (χ3n) is 5.52. The van der Waals surface area contributed by atoms with Gasteiger partial charge in [0.15, 0.2) is 0 Å². The van der Waals surface area contributed by atoms with Gasteiger partial charge in [0.1, 0.15) is 0 Å². The topological polar surface area (TPSA) is 66.6 Å². The van der Waals surface area contributed by atoms with Crippen molar-refractivity contribution in [1.82, 2.24) is 9.80 Å². The van der Waals surface area contributed by atoms with Gasteiger partial charge in [-0.2, -0.15) is 0 Å². The van der Waals surface area contributed by atoms with Crippen molar-refractivity contribution in [2.24, 2.45) is 23.5 Å². The van der Waals surface area contributed by atoms with Crippen molar-refractivity contribution < 1.29 is 9.59 Å². The summed E-state index contributed by atoms with van der Waals surface area (Å²) in [7, 11) is 1.85. The van der Waals surface area contributed by atoms with Crippen molar-refractivity contribution >= 4 is 11.8 Å². The molecule has 5 heteroatoms. The summed E-state index contributed by atoms with van der Waals surface area (Å²) in [5, 5.41) is 0. The minimum absolute atomic E-state index is 0.0213. The molecule has 2 N–H and O–H groups in total. The highest BCUT2D eigenvalue weighted by Gasteiger charge is 2.49. The van der Waals surface area contributed by atoms with Crippen molar-refractivity contribution in [3.63, 3.8) is 0 Å². The Morgan fingerprint density at radius 1 is 1.40 bits per heavy atom. The summed E-state index contributed by atoms with van der Waals surface area (Å²) in [5.74, 6) is 1.49. The quantitative estimate of drug-likeness (QED) is 0.812. The predicted octanol–water partition coefficient (Wildman–Crippen LogP) is 0.441. The number of fused-ring (bicyclic) bond motifs is 2. The lowest BCUT2D eigenvalue weighted by molar-refractivity contribution is -0.137. The van der Waals surface area contributed by atoms with Crippen LogP contribution in [-0.2, 0) is 9.59 Å². The van der Waals surface area contributed by atoms with Gasteiger partial charge in [0.05, 0.1) is 5.92 Å². The monoisotopic (exact) mass is 279 g/mol. The molecular formula is C15H25N3O2. The van der Waals surface area contributed by atoms with Gasteiger partial charge >= 0.3 is 0 Å². The second-order valence-corrected chi connectivity index (χ2v) is 6.68. The zero-order chi connectivity index (χ0) is 14.3. The maximum atomic E-state index is 12.6. The van der Waals surface area contributed by atoms with E-state index in [1.807, 2.05) is 11.9 Å². The van der Waals surface area contributed by atoms with Gasteiger partial charge < -0.3 is 15.5 Å². The molecule has 3 rings (SSSR count). The smallest absolute Gasteiger partial charge is 0.227 e. The van der Waals surface area contributed by atoms with Crippen LogP contribution in [0.15, 0.2) is 0 Å². The summed E-state index contributed by atoms with van der Waals surface area (Å²) in [6, 6.07) is 0.0529. The highest BCUT2D eigenvalue weighted by atomic mass is 16.2. The van der Waals surface area contributed by atoms with Gasteiger partial charge in [-0.15, -0.1) is 0 Å². The van der Waals surface area contributed by atoms with Crippen molar-refractivity contribution in [1.29, 1.82) is 0 Å². The largest absolute Gasteiger partial charge is 0.344 e. The van der Waals surface area contributed by atoms with Crippen molar-refractivity contribution in [3.05, 3.63) is 0 Å². The Morgan fingerprint density at radius 3 is 2.75 bits per heavy atom. The molecule has 20 heavy (non-hydrogen) atoms. The molecule has 0 unspecified atom stereocenters. The standard InChI is InChI=1S/C15H25N3O2/c1-17(7-8-18-6-2-3-12(18)19)15(20)13-10-4-5-11(9-10)14(13)16/h10-11,13-14H,2-9,16H2,1H3/t10-,11-,13+,14+/m0/s1. The van der Waals surface area contributed by atoms with Crippen LogP contribution in [0.1, 0.15) is 32.1 Å². The number of hydrogen-bond donors (Lipinski definition) is 1. The molecule has 2 saturated carbocycles. The first kappa shape index (κ1) is 13.9. The van der Waals surface area contributed by atoms with Crippen LogP contribution in [0.3, 0.4) is 0 Å². The van der Waals surface area contributed by atoms with Crippen molar-refractivity contribution in [3.8, 4) is 0 Å². The molecule has 2 bridgehead atoms. The van der Waals surface area contributed by atoms with Crippen LogP contribution in [-0.4, -0.2) is 54.3 Å². The van der Waals surface area contributed by atoms with E-state index < -0.39 is 0 Å². The molecule has 3 fully saturated rings. The number of nitrogens with two attached hydrogens (primary N) is 1. The predicted molar refractivity (Wildman–Crippen MR) is 75.7 cm³/mol. The molecule has 1 heterocycles. The molecule has 3 aliphatic rings. The molecule has 1 aliphatic heterocycles. The summed E-state index contributed by atoms with van der Waals surface area (Å²) in [5.41, 5.74) is 6.23. The summed E-state index contributed by atoms with van der Waals surface area (Å²) in [4.78, 5) is 27.8. The number of rotatable bonds is 4. The molecule has 5 nitrogen and oxygen atoms in total. The molecular weight excluding hydrogens is 254 g/mol. The van der Waals surface area contributed by atoms with Crippen LogP contribution in [0.5, 0.6) is 0 Å². The lowest BCUT2D eigenvalue weighted by Crippen LogP contribution is -2.47. The SMILES string of the molecule is CN(CCN1CCCC1=O)C(=O)[C@@H]1[C@H]2CC[C@@H](C2)[C@H]1N. The average Bonchev–Trinajstić information content (AvgIpc) is 3.11. The number of carbonyl (C=O) groups excluding carboxylic acids is 2. The fourth-order valence-electron chi connectivity index (χ4n) is 4.28. The highest BCUT2D eigenvalue weighted by molar-refractivity contribution is 5.81. The Kier molecular flexibility index (Phi) is 3.71. The van der Waals surface area contributed by atoms with E-state index >= 15 is 0 Å². The van der Waals surface area contributed by atoms with Crippen LogP contribution in [0.25, 0.3) is 0 Å². The average molecular weight is 279 g/mol. The van der Waals surface area contributed by atoms with E-state index in [1.165, 1.54) is 6.42 Å². The summed E-state index contributed by atoms with van der Waals surface area (Å²) in [6.07, 6.45) is 5.10. The third kappa shape index (κ3) is 2.32. The van der Waals surface area contributed by atoms with Crippen LogP contribution in [0, 0.1) is 17.8 Å². The van der Waals surface area contributed by atoms with E-state index in [-0.39, 0.29) is 23.8 Å². The maximum absolute atomic E-state index is 12.6. The zero-order valence-corrected chi connectivity index (χ0v) is 12.3. The first-order valence-corrected chi connectivity index (χ1v) is 7.86. The van der Waals surface area contributed by atoms with E-state index in [1.54, 1.807) is 4.90 Å². The molecule has 112 valence electrons. The number of amides is 2. The van der Waals surface area contributed by atoms with Gasteiger partial charge in [-0.05, 0) is 37.5 Å². The lowest BCUT2D eigenvalue weighted by Gasteiger charge is -2.31. The maximum Gasteiger partial charge on any atom is 0.227 e. The minimum Gasteiger partial charge on any atom is -0.344 e.